The monoisotopic (exact) mass is 193 g/mol. The summed E-state index contributed by atoms with van der Waals surface area (Å²) in [6, 6.07) is 0.496. The molecular formula is C12H19NO. The van der Waals surface area contributed by atoms with E-state index in [2.05, 4.69) is 20.4 Å². The highest BCUT2D eigenvalue weighted by Gasteiger charge is 2.49. The van der Waals surface area contributed by atoms with E-state index in [-0.39, 0.29) is 5.91 Å². The molecule has 78 valence electrons. The maximum Gasteiger partial charge on any atom is 0.246 e. The van der Waals surface area contributed by atoms with Gasteiger partial charge in [0, 0.05) is 12.6 Å². The van der Waals surface area contributed by atoms with Gasteiger partial charge in [0.2, 0.25) is 5.91 Å². The Balaban J connectivity index is 2.22. The van der Waals surface area contributed by atoms with E-state index in [0.29, 0.717) is 17.4 Å². The Morgan fingerprint density at radius 1 is 1.50 bits per heavy atom. The number of fused-ring (bicyclic) bond motifs is 1. The average molecular weight is 193 g/mol. The summed E-state index contributed by atoms with van der Waals surface area (Å²) < 4.78 is 0. The van der Waals surface area contributed by atoms with E-state index in [0.717, 1.165) is 6.54 Å². The van der Waals surface area contributed by atoms with Gasteiger partial charge in [-0.3, -0.25) is 4.79 Å². The molecule has 0 bridgehead atoms. The molecule has 14 heavy (non-hydrogen) atoms. The molecule has 1 heterocycles. The molecule has 0 radical (unpaired) electrons. The SMILES string of the molecule is C=CC(=O)N1CC(C)(C)C2CCCC21. The van der Waals surface area contributed by atoms with Crippen molar-refractivity contribution in [3.05, 3.63) is 12.7 Å². The second-order valence-electron chi connectivity index (χ2n) is 5.26. The Kier molecular flexibility index (Phi) is 2.17. The fraction of sp³-hybridized carbons (Fsp3) is 0.750. The molecular weight excluding hydrogens is 174 g/mol. The predicted molar refractivity (Wildman–Crippen MR) is 56.8 cm³/mol. The van der Waals surface area contributed by atoms with Crippen LogP contribution in [-0.4, -0.2) is 23.4 Å². The fourth-order valence-electron chi connectivity index (χ4n) is 3.26. The molecule has 1 amide bonds. The quantitative estimate of drug-likeness (QED) is 0.585. The van der Waals surface area contributed by atoms with Gasteiger partial charge in [0.05, 0.1) is 0 Å². The first-order valence-corrected chi connectivity index (χ1v) is 5.49. The molecule has 2 nitrogen and oxygen atoms in total. The average Bonchev–Trinajstić information content (AvgIpc) is 2.68. The molecule has 0 aromatic heterocycles. The van der Waals surface area contributed by atoms with Gasteiger partial charge in [-0.15, -0.1) is 0 Å². The highest BCUT2D eigenvalue weighted by atomic mass is 16.2. The van der Waals surface area contributed by atoms with Crippen LogP contribution in [0.15, 0.2) is 12.7 Å². The van der Waals surface area contributed by atoms with Crippen molar-refractivity contribution in [2.24, 2.45) is 11.3 Å². The van der Waals surface area contributed by atoms with Gasteiger partial charge >= 0.3 is 0 Å². The Morgan fingerprint density at radius 2 is 2.21 bits per heavy atom. The minimum absolute atomic E-state index is 0.118. The Morgan fingerprint density at radius 3 is 2.86 bits per heavy atom. The first-order chi connectivity index (χ1) is 6.56. The summed E-state index contributed by atoms with van der Waals surface area (Å²) in [6.45, 7) is 9.05. The lowest BCUT2D eigenvalue weighted by Gasteiger charge is -2.23. The molecule has 2 unspecified atom stereocenters. The van der Waals surface area contributed by atoms with E-state index < -0.39 is 0 Å². The van der Waals surface area contributed by atoms with E-state index in [9.17, 15) is 4.79 Å². The van der Waals surface area contributed by atoms with Gasteiger partial charge in [-0.25, -0.2) is 0 Å². The summed E-state index contributed by atoms with van der Waals surface area (Å²) in [6.07, 6.45) is 5.21. The zero-order valence-corrected chi connectivity index (χ0v) is 9.12. The summed E-state index contributed by atoms with van der Waals surface area (Å²) in [4.78, 5) is 13.7. The second-order valence-corrected chi connectivity index (χ2v) is 5.26. The lowest BCUT2D eigenvalue weighted by atomic mass is 9.80. The van der Waals surface area contributed by atoms with E-state index in [1.165, 1.54) is 25.3 Å². The van der Waals surface area contributed by atoms with Crippen LogP contribution in [0.3, 0.4) is 0 Å². The van der Waals surface area contributed by atoms with Crippen molar-refractivity contribution in [3.8, 4) is 0 Å². The molecule has 2 heteroatoms. The van der Waals surface area contributed by atoms with Crippen LogP contribution in [0, 0.1) is 11.3 Å². The summed E-state index contributed by atoms with van der Waals surface area (Å²) in [5, 5.41) is 0. The number of hydrogen-bond acceptors (Lipinski definition) is 1. The largest absolute Gasteiger partial charge is 0.335 e. The number of carbonyl (C=O) groups is 1. The molecule has 1 aliphatic heterocycles. The van der Waals surface area contributed by atoms with Crippen molar-refractivity contribution in [2.75, 3.05) is 6.54 Å². The molecule has 0 spiro atoms. The number of carbonyl (C=O) groups excluding carboxylic acids is 1. The molecule has 2 fully saturated rings. The highest BCUT2D eigenvalue weighted by Crippen LogP contribution is 2.48. The molecule has 2 atom stereocenters. The predicted octanol–water partition coefficient (Wildman–Crippen LogP) is 2.21. The first-order valence-electron chi connectivity index (χ1n) is 5.49. The van der Waals surface area contributed by atoms with Crippen LogP contribution in [0.1, 0.15) is 33.1 Å². The number of amides is 1. The summed E-state index contributed by atoms with van der Waals surface area (Å²) in [5.74, 6) is 0.832. The maximum atomic E-state index is 11.7. The molecule has 1 saturated heterocycles. The third-order valence-electron chi connectivity index (χ3n) is 3.92. The van der Waals surface area contributed by atoms with Crippen LogP contribution in [0.25, 0.3) is 0 Å². The van der Waals surface area contributed by atoms with E-state index in [1.807, 2.05) is 4.90 Å². The minimum atomic E-state index is 0.118. The molecule has 0 aromatic rings. The van der Waals surface area contributed by atoms with Crippen molar-refractivity contribution < 1.29 is 4.79 Å². The topological polar surface area (TPSA) is 20.3 Å². The number of hydrogen-bond donors (Lipinski definition) is 0. The van der Waals surface area contributed by atoms with Crippen molar-refractivity contribution in [1.82, 2.24) is 4.90 Å². The van der Waals surface area contributed by atoms with Crippen molar-refractivity contribution in [2.45, 2.75) is 39.2 Å². The summed E-state index contributed by atoms with van der Waals surface area (Å²) in [7, 11) is 0. The summed E-state index contributed by atoms with van der Waals surface area (Å²) >= 11 is 0. The van der Waals surface area contributed by atoms with Gasteiger partial charge in [-0.1, -0.05) is 26.8 Å². The molecule has 2 rings (SSSR count). The van der Waals surface area contributed by atoms with Crippen LogP contribution >= 0.6 is 0 Å². The lowest BCUT2D eigenvalue weighted by Crippen LogP contribution is -2.34. The minimum Gasteiger partial charge on any atom is -0.335 e. The second kappa shape index (κ2) is 3.11. The van der Waals surface area contributed by atoms with E-state index in [4.69, 9.17) is 0 Å². The van der Waals surface area contributed by atoms with Crippen molar-refractivity contribution in [1.29, 1.82) is 0 Å². The molecule has 1 aliphatic carbocycles. The normalized spacial score (nSPS) is 34.3. The van der Waals surface area contributed by atoms with Gasteiger partial charge in [-0.05, 0) is 30.3 Å². The number of rotatable bonds is 1. The van der Waals surface area contributed by atoms with Crippen LogP contribution in [-0.2, 0) is 4.79 Å². The van der Waals surface area contributed by atoms with E-state index >= 15 is 0 Å². The molecule has 2 aliphatic rings. The zero-order valence-electron chi connectivity index (χ0n) is 9.12. The van der Waals surface area contributed by atoms with Crippen LogP contribution < -0.4 is 0 Å². The fourth-order valence-corrected chi connectivity index (χ4v) is 3.26. The third-order valence-corrected chi connectivity index (χ3v) is 3.92. The zero-order chi connectivity index (χ0) is 10.3. The third kappa shape index (κ3) is 1.28. The maximum absolute atomic E-state index is 11.7. The lowest BCUT2D eigenvalue weighted by molar-refractivity contribution is -0.127. The Labute approximate surface area is 86.0 Å². The molecule has 0 N–H and O–H groups in total. The Hall–Kier alpha value is -0.790. The van der Waals surface area contributed by atoms with Crippen molar-refractivity contribution in [3.63, 3.8) is 0 Å². The summed E-state index contributed by atoms with van der Waals surface area (Å²) in [5.41, 5.74) is 0.305. The highest BCUT2D eigenvalue weighted by molar-refractivity contribution is 5.87. The number of nitrogens with zero attached hydrogens (tertiary/aromatic N) is 1. The Bertz CT molecular complexity index is 269. The van der Waals surface area contributed by atoms with Crippen LogP contribution in [0.5, 0.6) is 0 Å². The van der Waals surface area contributed by atoms with Crippen LogP contribution in [0.4, 0.5) is 0 Å². The van der Waals surface area contributed by atoms with Crippen LogP contribution in [0.2, 0.25) is 0 Å². The van der Waals surface area contributed by atoms with Gasteiger partial charge < -0.3 is 4.90 Å². The number of likely N-dealkylation sites (tertiary alicyclic amines) is 1. The van der Waals surface area contributed by atoms with Gasteiger partial charge in [0.25, 0.3) is 0 Å². The van der Waals surface area contributed by atoms with Gasteiger partial charge in [-0.2, -0.15) is 0 Å². The van der Waals surface area contributed by atoms with Gasteiger partial charge in [0.1, 0.15) is 0 Å². The molecule has 1 saturated carbocycles. The van der Waals surface area contributed by atoms with Crippen molar-refractivity contribution >= 4 is 5.91 Å². The smallest absolute Gasteiger partial charge is 0.246 e. The van der Waals surface area contributed by atoms with E-state index in [1.54, 1.807) is 0 Å². The molecule has 0 aromatic carbocycles. The first kappa shape index (κ1) is 9.75. The van der Waals surface area contributed by atoms with Gasteiger partial charge in [0.15, 0.2) is 0 Å². The standard InChI is InChI=1S/C12H19NO/c1-4-11(14)13-8-12(2,3)9-6-5-7-10(9)13/h4,9-10H,1,5-8H2,2-3H3.